The van der Waals surface area contributed by atoms with Crippen LogP contribution in [0.25, 0.3) is 5.57 Å². The minimum absolute atomic E-state index is 0.105. The molecular formula is C27H30F2O. The molecule has 0 fully saturated rings. The first-order chi connectivity index (χ1) is 13.9. The Hall–Kier alpha value is -2.68. The fourth-order valence-electron chi connectivity index (χ4n) is 3.96. The number of hydrogen-bond donors (Lipinski definition) is 0. The van der Waals surface area contributed by atoms with Crippen LogP contribution in [0.1, 0.15) is 52.7 Å². The minimum atomic E-state index is -3.42. The molecule has 0 aromatic heterocycles. The third-order valence-corrected chi connectivity index (χ3v) is 5.08. The maximum Gasteiger partial charge on any atom is 0.426 e. The van der Waals surface area contributed by atoms with Crippen molar-refractivity contribution < 1.29 is 13.5 Å². The van der Waals surface area contributed by atoms with Gasteiger partial charge in [-0.05, 0) is 49.3 Å². The maximum atomic E-state index is 14.9. The van der Waals surface area contributed by atoms with Crippen LogP contribution in [0.3, 0.4) is 0 Å². The van der Waals surface area contributed by atoms with E-state index in [4.69, 9.17) is 4.74 Å². The molecule has 0 amide bonds. The summed E-state index contributed by atoms with van der Waals surface area (Å²) in [5.41, 5.74) is 3.48. The first-order valence-electron chi connectivity index (χ1n) is 10.2. The molecule has 3 rings (SSSR count). The molecule has 0 saturated carbocycles. The summed E-state index contributed by atoms with van der Waals surface area (Å²) in [4.78, 5) is 0. The second-order valence-electron chi connectivity index (χ2n) is 9.43. The van der Waals surface area contributed by atoms with Crippen LogP contribution in [-0.4, -0.2) is 0 Å². The summed E-state index contributed by atoms with van der Waals surface area (Å²) in [6, 6.07) is 6.34. The molecule has 1 aromatic carbocycles. The molecule has 0 aliphatic heterocycles. The Kier molecular flexibility index (Phi) is 5.77. The van der Waals surface area contributed by atoms with Crippen molar-refractivity contribution >= 4 is 5.57 Å². The van der Waals surface area contributed by atoms with Crippen LogP contribution in [0.2, 0.25) is 0 Å². The van der Waals surface area contributed by atoms with Gasteiger partial charge in [0, 0.05) is 10.8 Å². The number of alkyl halides is 2. The zero-order chi connectivity index (χ0) is 22.2. The van der Waals surface area contributed by atoms with Crippen LogP contribution >= 0.6 is 0 Å². The van der Waals surface area contributed by atoms with Crippen molar-refractivity contribution in [2.24, 2.45) is 10.8 Å². The summed E-state index contributed by atoms with van der Waals surface area (Å²) >= 11 is 0. The van der Waals surface area contributed by atoms with Gasteiger partial charge in [-0.15, -0.1) is 0 Å². The number of benzene rings is 1. The number of hydrogen-bond acceptors (Lipinski definition) is 1. The molecule has 0 saturated heterocycles. The van der Waals surface area contributed by atoms with Crippen molar-refractivity contribution in [3.8, 4) is 0 Å². The molecular weight excluding hydrogens is 378 g/mol. The lowest BCUT2D eigenvalue weighted by Gasteiger charge is -2.22. The lowest BCUT2D eigenvalue weighted by Crippen LogP contribution is -2.18. The van der Waals surface area contributed by atoms with Crippen molar-refractivity contribution in [2.45, 2.75) is 47.7 Å². The molecule has 1 aromatic rings. The molecule has 0 unspecified atom stereocenters. The SMILES string of the molecule is CC1=CC(C)(C)C=C(OC(F)(F)c2ccc(C3=CC(C)(C)C=C(C)C=C3)cc2)C=C1. The summed E-state index contributed by atoms with van der Waals surface area (Å²) < 4.78 is 34.9. The van der Waals surface area contributed by atoms with E-state index in [1.165, 1.54) is 17.7 Å². The quantitative estimate of drug-likeness (QED) is 0.489. The zero-order valence-electron chi connectivity index (χ0n) is 18.6. The maximum absolute atomic E-state index is 14.9. The van der Waals surface area contributed by atoms with E-state index in [9.17, 15) is 8.78 Å². The van der Waals surface area contributed by atoms with Gasteiger partial charge >= 0.3 is 6.11 Å². The molecule has 0 spiro atoms. The van der Waals surface area contributed by atoms with Gasteiger partial charge in [0.05, 0.1) is 5.56 Å². The average Bonchev–Trinajstić information content (AvgIpc) is 2.83. The van der Waals surface area contributed by atoms with Crippen molar-refractivity contribution in [3.63, 3.8) is 0 Å². The Balaban J connectivity index is 1.84. The van der Waals surface area contributed by atoms with Gasteiger partial charge in [0.15, 0.2) is 0 Å². The summed E-state index contributed by atoms with van der Waals surface area (Å²) in [7, 11) is 0. The van der Waals surface area contributed by atoms with Gasteiger partial charge in [-0.25, -0.2) is 0 Å². The zero-order valence-corrected chi connectivity index (χ0v) is 18.6. The Morgan fingerprint density at radius 2 is 1.23 bits per heavy atom. The van der Waals surface area contributed by atoms with Gasteiger partial charge in [0.1, 0.15) is 5.76 Å². The Morgan fingerprint density at radius 3 is 1.83 bits per heavy atom. The Bertz CT molecular complexity index is 994. The normalized spacial score (nSPS) is 20.4. The highest BCUT2D eigenvalue weighted by Crippen LogP contribution is 2.37. The second kappa shape index (κ2) is 7.86. The molecule has 0 heterocycles. The van der Waals surface area contributed by atoms with Crippen molar-refractivity contribution in [2.75, 3.05) is 0 Å². The molecule has 0 radical (unpaired) electrons. The van der Waals surface area contributed by atoms with Gasteiger partial charge in [-0.3, -0.25) is 0 Å². The second-order valence-corrected chi connectivity index (χ2v) is 9.43. The van der Waals surface area contributed by atoms with Crippen LogP contribution in [0.15, 0.2) is 89.8 Å². The molecule has 1 nitrogen and oxygen atoms in total. The fraction of sp³-hybridized carbons (Fsp3) is 0.333. The predicted octanol–water partition coefficient (Wildman–Crippen LogP) is 8.10. The third kappa shape index (κ3) is 5.47. The van der Waals surface area contributed by atoms with Gasteiger partial charge in [-0.2, -0.15) is 8.78 Å². The fourth-order valence-corrected chi connectivity index (χ4v) is 3.96. The van der Waals surface area contributed by atoms with E-state index >= 15 is 0 Å². The van der Waals surface area contributed by atoms with Gasteiger partial charge in [0.2, 0.25) is 0 Å². The minimum Gasteiger partial charge on any atom is -0.429 e. The summed E-state index contributed by atoms with van der Waals surface area (Å²) in [5, 5.41) is 0. The number of halogens is 2. The average molecular weight is 409 g/mol. The van der Waals surface area contributed by atoms with E-state index in [0.717, 1.165) is 16.7 Å². The van der Waals surface area contributed by atoms with Crippen molar-refractivity contribution in [3.05, 3.63) is 101 Å². The molecule has 2 aliphatic rings. The lowest BCUT2D eigenvalue weighted by molar-refractivity contribution is -0.221. The topological polar surface area (TPSA) is 9.23 Å². The van der Waals surface area contributed by atoms with Gasteiger partial charge < -0.3 is 4.74 Å². The smallest absolute Gasteiger partial charge is 0.426 e. The van der Waals surface area contributed by atoms with E-state index in [1.807, 2.05) is 32.9 Å². The highest BCUT2D eigenvalue weighted by molar-refractivity contribution is 5.76. The largest absolute Gasteiger partial charge is 0.429 e. The van der Waals surface area contributed by atoms with Crippen molar-refractivity contribution in [1.29, 1.82) is 0 Å². The molecule has 158 valence electrons. The molecule has 0 N–H and O–H groups in total. The molecule has 2 aliphatic carbocycles. The lowest BCUT2D eigenvalue weighted by atomic mass is 9.88. The highest BCUT2D eigenvalue weighted by atomic mass is 19.3. The van der Waals surface area contributed by atoms with Crippen LogP contribution in [0.5, 0.6) is 0 Å². The van der Waals surface area contributed by atoms with Gasteiger partial charge in [0.25, 0.3) is 0 Å². The molecule has 0 bridgehead atoms. The van der Waals surface area contributed by atoms with E-state index in [1.54, 1.807) is 30.4 Å². The van der Waals surface area contributed by atoms with Crippen molar-refractivity contribution in [1.82, 2.24) is 0 Å². The number of rotatable bonds is 4. The molecule has 30 heavy (non-hydrogen) atoms. The Labute approximate surface area is 178 Å². The standard InChI is InChI=1S/C27H30F2O/c1-19-7-9-22(17-25(3,4)15-19)21-10-12-23(13-11-21)27(28,29)30-24-14-8-20(2)16-26(5,6)18-24/h7-18H,1-6H3. The van der Waals surface area contributed by atoms with E-state index < -0.39 is 6.11 Å². The first kappa shape index (κ1) is 22.0. The molecule has 0 atom stereocenters. The third-order valence-electron chi connectivity index (χ3n) is 5.08. The van der Waals surface area contributed by atoms with E-state index in [0.29, 0.717) is 0 Å². The van der Waals surface area contributed by atoms with Crippen LogP contribution < -0.4 is 0 Å². The number of ether oxygens (including phenoxy) is 1. The Morgan fingerprint density at radius 1 is 0.700 bits per heavy atom. The van der Waals surface area contributed by atoms with Crippen LogP contribution in [-0.2, 0) is 10.8 Å². The van der Waals surface area contributed by atoms with E-state index in [2.05, 4.69) is 39.0 Å². The predicted molar refractivity (Wildman–Crippen MR) is 121 cm³/mol. The van der Waals surface area contributed by atoms with E-state index in [-0.39, 0.29) is 22.2 Å². The molecule has 3 heteroatoms. The highest BCUT2D eigenvalue weighted by Gasteiger charge is 2.35. The van der Waals surface area contributed by atoms with Crippen LogP contribution in [0, 0.1) is 10.8 Å². The van der Waals surface area contributed by atoms with Crippen LogP contribution in [0.4, 0.5) is 8.78 Å². The summed E-state index contributed by atoms with van der Waals surface area (Å²) in [5.74, 6) is 0.167. The monoisotopic (exact) mass is 408 g/mol. The van der Waals surface area contributed by atoms with Gasteiger partial charge in [-0.1, -0.05) is 87.4 Å². The number of allylic oxidation sites excluding steroid dienone is 11. The summed E-state index contributed by atoms with van der Waals surface area (Å²) in [6.07, 6.45) is 12.1. The summed E-state index contributed by atoms with van der Waals surface area (Å²) in [6.45, 7) is 12.2. The first-order valence-corrected chi connectivity index (χ1v) is 10.2.